The van der Waals surface area contributed by atoms with Gasteiger partial charge in [-0.2, -0.15) is 0 Å². The smallest absolute Gasteiger partial charge is 0.199 e. The Morgan fingerprint density at radius 2 is 2.15 bits per heavy atom. The van der Waals surface area contributed by atoms with Gasteiger partial charge in [-0.25, -0.2) is 0 Å². The summed E-state index contributed by atoms with van der Waals surface area (Å²) in [4.78, 5) is 12.5. The van der Waals surface area contributed by atoms with Crippen LogP contribution in [0.25, 0.3) is 0 Å². The number of allylic oxidation sites excluding steroid dienone is 2. The Morgan fingerprint density at radius 3 is 2.65 bits per heavy atom. The molecule has 2 aliphatic rings. The number of hydrogen-bond acceptors (Lipinski definition) is 5. The van der Waals surface area contributed by atoms with E-state index < -0.39 is 36.3 Å². The number of ether oxygens (including phenoxy) is 1. The lowest BCUT2D eigenvalue weighted by Gasteiger charge is -2.26. The van der Waals surface area contributed by atoms with Crippen molar-refractivity contribution in [3.63, 3.8) is 0 Å². The van der Waals surface area contributed by atoms with Gasteiger partial charge in [-0.05, 0) is 26.3 Å². The molecule has 0 amide bonds. The molecule has 1 saturated heterocycles. The lowest BCUT2D eigenvalue weighted by atomic mass is 9.77. The fraction of sp³-hybridized carbons (Fsp3) is 0.533. The summed E-state index contributed by atoms with van der Waals surface area (Å²) in [6.45, 7) is 4.87. The molecular weight excluding hydrogens is 260 g/mol. The first-order chi connectivity index (χ1) is 9.40. The van der Waals surface area contributed by atoms with Crippen LogP contribution in [0.15, 0.2) is 34.9 Å². The van der Waals surface area contributed by atoms with Gasteiger partial charge in [-0.1, -0.05) is 23.8 Å². The Balaban J connectivity index is 2.45. The Kier molecular flexibility index (Phi) is 3.97. The highest BCUT2D eigenvalue weighted by Gasteiger charge is 2.71. The van der Waals surface area contributed by atoms with Gasteiger partial charge in [0.1, 0.15) is 18.3 Å². The maximum Gasteiger partial charge on any atom is 0.199 e. The van der Waals surface area contributed by atoms with Crippen molar-refractivity contribution in [2.45, 2.75) is 44.7 Å². The first-order valence-corrected chi connectivity index (χ1v) is 6.60. The predicted molar refractivity (Wildman–Crippen MR) is 73.0 cm³/mol. The summed E-state index contributed by atoms with van der Waals surface area (Å²) in [6, 6.07) is 0. The Bertz CT molecular complexity index is 512. The van der Waals surface area contributed by atoms with Gasteiger partial charge < -0.3 is 20.1 Å². The number of aliphatic hydroxyl groups is 3. The molecular formula is C15H20O5. The van der Waals surface area contributed by atoms with Crippen LogP contribution in [0.2, 0.25) is 0 Å². The molecule has 4 atom stereocenters. The Labute approximate surface area is 117 Å². The van der Waals surface area contributed by atoms with Crippen LogP contribution < -0.4 is 0 Å². The first kappa shape index (κ1) is 15.1. The quantitative estimate of drug-likeness (QED) is 0.507. The molecule has 0 spiro atoms. The van der Waals surface area contributed by atoms with Gasteiger partial charge >= 0.3 is 0 Å². The molecule has 0 aromatic rings. The molecule has 5 nitrogen and oxygen atoms in total. The van der Waals surface area contributed by atoms with E-state index >= 15 is 0 Å². The number of carbonyl (C=O) groups is 1. The maximum atomic E-state index is 12.5. The molecule has 0 aromatic heterocycles. The number of Topliss-reactive ketones (excluding diaryl/α,β-unsaturated/α-hetero) is 1. The molecule has 1 aliphatic heterocycles. The summed E-state index contributed by atoms with van der Waals surface area (Å²) in [5, 5.41) is 29.9. The number of ketones is 1. The molecule has 0 bridgehead atoms. The molecule has 0 aromatic carbocycles. The molecule has 0 saturated carbocycles. The van der Waals surface area contributed by atoms with E-state index in [0.717, 1.165) is 5.57 Å². The summed E-state index contributed by atoms with van der Waals surface area (Å²) in [5.74, 6) is -0.451. The van der Waals surface area contributed by atoms with Crippen LogP contribution in [0.3, 0.4) is 0 Å². The molecule has 5 heteroatoms. The first-order valence-electron chi connectivity index (χ1n) is 6.60. The van der Waals surface area contributed by atoms with Crippen LogP contribution in [-0.2, 0) is 9.53 Å². The highest BCUT2D eigenvalue weighted by molar-refractivity contribution is 6.07. The zero-order chi connectivity index (χ0) is 15.1. The van der Waals surface area contributed by atoms with Crippen molar-refractivity contribution in [2.75, 3.05) is 6.61 Å². The van der Waals surface area contributed by atoms with Crippen molar-refractivity contribution < 1.29 is 24.9 Å². The van der Waals surface area contributed by atoms with E-state index in [1.54, 1.807) is 32.9 Å². The molecule has 20 heavy (non-hydrogen) atoms. The summed E-state index contributed by atoms with van der Waals surface area (Å²) >= 11 is 0. The molecule has 1 fully saturated rings. The fourth-order valence-electron chi connectivity index (χ4n) is 2.72. The van der Waals surface area contributed by atoms with Crippen LogP contribution in [0.5, 0.6) is 0 Å². The normalized spacial score (nSPS) is 34.2. The minimum Gasteiger partial charge on any atom is -0.392 e. The van der Waals surface area contributed by atoms with Crippen molar-refractivity contribution in [3.05, 3.63) is 34.9 Å². The summed E-state index contributed by atoms with van der Waals surface area (Å²) in [5.41, 5.74) is -0.134. The van der Waals surface area contributed by atoms with E-state index in [9.17, 15) is 20.1 Å². The second kappa shape index (κ2) is 5.26. The highest BCUT2D eigenvalue weighted by Crippen LogP contribution is 2.50. The van der Waals surface area contributed by atoms with Gasteiger partial charge in [0.15, 0.2) is 11.4 Å². The largest absolute Gasteiger partial charge is 0.392 e. The van der Waals surface area contributed by atoms with E-state index in [1.807, 2.05) is 0 Å². The molecule has 0 unspecified atom stereocenters. The van der Waals surface area contributed by atoms with E-state index in [1.165, 1.54) is 6.08 Å². The SMILES string of the molecule is C/C=C/C1=C(CO)C(=O)[C@]2([C@H](O)C=C(C)C)O[C@H]2[C@@H]1O. The molecule has 3 N–H and O–H groups in total. The van der Waals surface area contributed by atoms with Crippen LogP contribution >= 0.6 is 0 Å². The van der Waals surface area contributed by atoms with Crippen molar-refractivity contribution >= 4 is 5.78 Å². The zero-order valence-corrected chi connectivity index (χ0v) is 11.8. The van der Waals surface area contributed by atoms with Crippen LogP contribution in [0.1, 0.15) is 20.8 Å². The standard InChI is InChI=1S/C15H20O5/c1-4-5-9-10(7-16)13(19)15(11(17)6-8(2)3)14(20-15)12(9)18/h4-6,11-12,14,16-18H,7H2,1-3H3/b5-4+/t11-,12-,14+,15+/m1/s1. The number of fused-ring (bicyclic) bond motifs is 1. The summed E-state index contributed by atoms with van der Waals surface area (Å²) < 4.78 is 5.38. The predicted octanol–water partition coefficient (Wildman–Crippen LogP) is 0.260. The third-order valence-corrected chi connectivity index (χ3v) is 3.71. The molecule has 1 heterocycles. The van der Waals surface area contributed by atoms with Crippen LogP contribution in [0.4, 0.5) is 0 Å². The maximum absolute atomic E-state index is 12.5. The topological polar surface area (TPSA) is 90.3 Å². The second-order valence-electron chi connectivity index (χ2n) is 5.39. The van der Waals surface area contributed by atoms with Gasteiger partial charge in [0.2, 0.25) is 0 Å². The zero-order valence-electron chi connectivity index (χ0n) is 11.8. The van der Waals surface area contributed by atoms with Crippen molar-refractivity contribution in [1.82, 2.24) is 0 Å². The number of epoxide rings is 1. The number of rotatable bonds is 4. The van der Waals surface area contributed by atoms with Gasteiger partial charge in [0.25, 0.3) is 0 Å². The van der Waals surface area contributed by atoms with Crippen molar-refractivity contribution in [3.8, 4) is 0 Å². The van der Waals surface area contributed by atoms with E-state index in [-0.39, 0.29) is 5.57 Å². The lowest BCUT2D eigenvalue weighted by molar-refractivity contribution is -0.124. The summed E-state index contributed by atoms with van der Waals surface area (Å²) in [7, 11) is 0. The molecule has 110 valence electrons. The van der Waals surface area contributed by atoms with Gasteiger partial charge in [-0.15, -0.1) is 0 Å². The third kappa shape index (κ3) is 2.07. The molecule has 0 radical (unpaired) electrons. The Hall–Kier alpha value is -1.27. The van der Waals surface area contributed by atoms with E-state index in [4.69, 9.17) is 4.74 Å². The third-order valence-electron chi connectivity index (χ3n) is 3.71. The summed E-state index contributed by atoms with van der Waals surface area (Å²) in [6.07, 6.45) is 1.89. The molecule has 1 aliphatic carbocycles. The average molecular weight is 280 g/mol. The fourth-order valence-corrected chi connectivity index (χ4v) is 2.72. The van der Waals surface area contributed by atoms with Crippen molar-refractivity contribution in [2.24, 2.45) is 0 Å². The lowest BCUT2D eigenvalue weighted by Crippen LogP contribution is -2.47. The number of aliphatic hydroxyl groups excluding tert-OH is 3. The Morgan fingerprint density at radius 1 is 1.50 bits per heavy atom. The van der Waals surface area contributed by atoms with E-state index in [0.29, 0.717) is 5.57 Å². The van der Waals surface area contributed by atoms with E-state index in [2.05, 4.69) is 0 Å². The van der Waals surface area contributed by atoms with Crippen molar-refractivity contribution in [1.29, 1.82) is 0 Å². The minimum atomic E-state index is -1.44. The molecule has 2 rings (SSSR count). The second-order valence-corrected chi connectivity index (χ2v) is 5.39. The monoisotopic (exact) mass is 280 g/mol. The number of carbonyl (C=O) groups excluding carboxylic acids is 1. The van der Waals surface area contributed by atoms with Gasteiger partial charge in [-0.3, -0.25) is 4.79 Å². The van der Waals surface area contributed by atoms with Gasteiger partial charge in [0, 0.05) is 5.57 Å². The number of hydrogen-bond donors (Lipinski definition) is 3. The minimum absolute atomic E-state index is 0.102. The van der Waals surface area contributed by atoms with Gasteiger partial charge in [0.05, 0.1) is 6.61 Å². The van der Waals surface area contributed by atoms with Crippen LogP contribution in [-0.4, -0.2) is 51.6 Å². The highest BCUT2D eigenvalue weighted by atomic mass is 16.6. The van der Waals surface area contributed by atoms with Crippen LogP contribution in [0, 0.1) is 0 Å². The average Bonchev–Trinajstić information content (AvgIpc) is 3.13.